The highest BCUT2D eigenvalue weighted by molar-refractivity contribution is 7.45. The maximum Gasteiger partial charge on any atom is 0.255 e. The summed E-state index contributed by atoms with van der Waals surface area (Å²) in [5, 5.41) is 8.30. The van der Waals surface area contributed by atoms with Crippen LogP contribution in [0, 0.1) is 0 Å². The molecular formula is C26H30ClN4OP. The van der Waals surface area contributed by atoms with Gasteiger partial charge >= 0.3 is 0 Å². The van der Waals surface area contributed by atoms with E-state index in [9.17, 15) is 4.79 Å². The van der Waals surface area contributed by atoms with Gasteiger partial charge in [-0.1, -0.05) is 45.0 Å². The summed E-state index contributed by atoms with van der Waals surface area (Å²) in [6.45, 7) is 10.3. The van der Waals surface area contributed by atoms with Crippen LogP contribution in [-0.2, 0) is 0 Å². The summed E-state index contributed by atoms with van der Waals surface area (Å²) in [7, 11) is 0.556. The van der Waals surface area contributed by atoms with E-state index in [0.29, 0.717) is 19.2 Å². The normalized spacial score (nSPS) is 21.1. The van der Waals surface area contributed by atoms with E-state index in [1.165, 1.54) is 12.8 Å². The van der Waals surface area contributed by atoms with E-state index < -0.39 is 0 Å². The first kappa shape index (κ1) is 23.7. The average Bonchev–Trinajstić information content (AvgIpc) is 3.34. The van der Waals surface area contributed by atoms with Crippen LogP contribution in [-0.4, -0.2) is 31.0 Å². The fourth-order valence-electron chi connectivity index (χ4n) is 4.18. The van der Waals surface area contributed by atoms with Gasteiger partial charge in [0.05, 0.1) is 22.2 Å². The number of benzene rings is 2. The van der Waals surface area contributed by atoms with Crippen molar-refractivity contribution in [3.63, 3.8) is 0 Å². The summed E-state index contributed by atoms with van der Waals surface area (Å²) >= 11 is 6.49. The fourth-order valence-corrected chi connectivity index (χ4v) is 5.70. The highest BCUT2D eigenvalue weighted by atomic mass is 35.5. The predicted molar refractivity (Wildman–Crippen MR) is 142 cm³/mol. The monoisotopic (exact) mass is 480 g/mol. The molecule has 2 N–H and O–H groups in total. The van der Waals surface area contributed by atoms with Gasteiger partial charge in [0.1, 0.15) is 0 Å². The molecule has 2 aromatic rings. The second-order valence-corrected chi connectivity index (χ2v) is 10.3. The van der Waals surface area contributed by atoms with Crippen LogP contribution < -0.4 is 15.5 Å². The molecule has 2 aromatic carbocycles. The Kier molecular flexibility index (Phi) is 7.64. The maximum absolute atomic E-state index is 12.9. The first-order chi connectivity index (χ1) is 15.9. The quantitative estimate of drug-likeness (QED) is 0.474. The van der Waals surface area contributed by atoms with Crippen molar-refractivity contribution in [1.82, 2.24) is 5.32 Å². The van der Waals surface area contributed by atoms with E-state index >= 15 is 0 Å². The highest BCUT2D eigenvalue weighted by Crippen LogP contribution is 2.37. The molecule has 1 fully saturated rings. The number of aliphatic imine (C=N–C) groups is 1. The number of hydrogen-bond donors (Lipinski definition) is 2. The third-order valence-corrected chi connectivity index (χ3v) is 7.54. The smallest absolute Gasteiger partial charge is 0.255 e. The summed E-state index contributed by atoms with van der Waals surface area (Å²) in [6, 6.07) is 13.6. The number of rotatable bonds is 6. The van der Waals surface area contributed by atoms with Crippen molar-refractivity contribution in [3.8, 4) is 0 Å². The average molecular weight is 481 g/mol. The van der Waals surface area contributed by atoms with Crippen LogP contribution in [0.25, 0.3) is 0 Å². The van der Waals surface area contributed by atoms with Crippen molar-refractivity contribution in [3.05, 3.63) is 82.3 Å². The van der Waals surface area contributed by atoms with Crippen LogP contribution >= 0.6 is 20.2 Å². The van der Waals surface area contributed by atoms with E-state index in [-0.39, 0.29) is 17.7 Å². The lowest BCUT2D eigenvalue weighted by Crippen LogP contribution is -2.30. The molecular weight excluding hydrogens is 451 g/mol. The molecule has 33 heavy (non-hydrogen) atoms. The van der Waals surface area contributed by atoms with Crippen molar-refractivity contribution in [2.24, 2.45) is 4.99 Å². The lowest BCUT2D eigenvalue weighted by molar-refractivity contribution is 0.102. The maximum atomic E-state index is 12.9. The molecule has 0 saturated carbocycles. The Hall–Kier alpha value is -2.46. The summed E-state index contributed by atoms with van der Waals surface area (Å²) in [5.74, 6) is -0.00979. The molecule has 5 nitrogen and oxygen atoms in total. The number of amides is 1. The second kappa shape index (κ2) is 10.6. The van der Waals surface area contributed by atoms with Crippen molar-refractivity contribution in [2.75, 3.05) is 23.3 Å². The van der Waals surface area contributed by atoms with Gasteiger partial charge < -0.3 is 10.2 Å². The summed E-state index contributed by atoms with van der Waals surface area (Å²) in [5.41, 5.74) is 4.38. The van der Waals surface area contributed by atoms with Crippen LogP contribution in [0.5, 0.6) is 0 Å². The van der Waals surface area contributed by atoms with Gasteiger partial charge in [-0.25, -0.2) is 0 Å². The van der Waals surface area contributed by atoms with E-state index in [4.69, 9.17) is 11.6 Å². The van der Waals surface area contributed by atoms with Gasteiger partial charge in [0.15, 0.2) is 0 Å². The minimum atomic E-state index is -0.168. The minimum absolute atomic E-state index is 0.0972. The summed E-state index contributed by atoms with van der Waals surface area (Å²) < 4.78 is 0. The molecule has 2 aliphatic heterocycles. The Morgan fingerprint density at radius 1 is 1.27 bits per heavy atom. The molecule has 172 valence electrons. The van der Waals surface area contributed by atoms with Gasteiger partial charge in [-0.3, -0.25) is 15.1 Å². The van der Waals surface area contributed by atoms with Gasteiger partial charge in [0, 0.05) is 36.6 Å². The van der Waals surface area contributed by atoms with E-state index in [1.54, 1.807) is 6.07 Å². The third kappa shape index (κ3) is 5.73. The number of hydrogen-bond acceptors (Lipinski definition) is 4. The molecule has 2 heterocycles. The molecule has 1 amide bonds. The molecule has 0 spiro atoms. The van der Waals surface area contributed by atoms with E-state index in [2.05, 4.69) is 40.1 Å². The third-order valence-electron chi connectivity index (χ3n) is 6.01. The molecule has 0 aromatic heterocycles. The lowest BCUT2D eigenvalue weighted by Gasteiger charge is -2.25. The SMILES string of the molecule is C=C1PC(NC(C)c2cccc(NC(=O)c3ccc(N4CCCC4)c(Cl)c3)c2)C=N/C1=C/C. The van der Waals surface area contributed by atoms with Crippen molar-refractivity contribution < 1.29 is 4.79 Å². The zero-order valence-electron chi connectivity index (χ0n) is 19.1. The largest absolute Gasteiger partial charge is 0.370 e. The number of carbonyl (C=O) groups is 1. The zero-order chi connectivity index (χ0) is 23.4. The van der Waals surface area contributed by atoms with Gasteiger partial charge in [-0.15, -0.1) is 0 Å². The molecule has 3 atom stereocenters. The second-order valence-electron chi connectivity index (χ2n) is 8.38. The highest BCUT2D eigenvalue weighted by Gasteiger charge is 2.19. The molecule has 2 aliphatic rings. The molecule has 7 heteroatoms. The van der Waals surface area contributed by atoms with Crippen LogP contribution in [0.15, 0.2) is 71.1 Å². The van der Waals surface area contributed by atoms with E-state index in [1.807, 2.05) is 49.5 Å². The molecule has 1 saturated heterocycles. The Morgan fingerprint density at radius 2 is 2.06 bits per heavy atom. The molecule has 4 rings (SSSR count). The first-order valence-corrected chi connectivity index (χ1v) is 12.8. The first-order valence-electron chi connectivity index (χ1n) is 11.3. The standard InChI is InChI=1S/C26H30ClN4OP/c1-4-23-18(3)33-25(16-28-23)29-17(2)19-8-7-9-21(14-19)30-26(32)20-10-11-24(22(27)15-20)31-12-5-6-13-31/h4,7-11,14-17,25,29,33H,3,5-6,12-13H2,1-2H3,(H,30,32)/b23-4+. The van der Waals surface area contributed by atoms with Crippen LogP contribution in [0.4, 0.5) is 11.4 Å². The van der Waals surface area contributed by atoms with Gasteiger partial charge in [-0.2, -0.15) is 0 Å². The number of anilines is 2. The van der Waals surface area contributed by atoms with Crippen molar-refractivity contribution in [2.45, 2.75) is 38.5 Å². The number of carbonyl (C=O) groups excluding carboxylic acids is 1. The Labute approximate surface area is 202 Å². The van der Waals surface area contributed by atoms with E-state index in [0.717, 1.165) is 41.0 Å². The molecule has 3 unspecified atom stereocenters. The van der Waals surface area contributed by atoms with Crippen LogP contribution in [0.3, 0.4) is 0 Å². The van der Waals surface area contributed by atoms with Gasteiger partial charge in [-0.05, 0) is 67.9 Å². The fraction of sp³-hybridized carbons (Fsp3) is 0.308. The Morgan fingerprint density at radius 3 is 2.76 bits per heavy atom. The molecule has 0 bridgehead atoms. The lowest BCUT2D eigenvalue weighted by atomic mass is 10.1. The van der Waals surface area contributed by atoms with Gasteiger partial charge in [0.25, 0.3) is 5.91 Å². The topological polar surface area (TPSA) is 56.7 Å². The Balaban J connectivity index is 1.41. The number of halogens is 1. The molecule has 0 aliphatic carbocycles. The van der Waals surface area contributed by atoms with Crippen LogP contribution in [0.1, 0.15) is 48.7 Å². The number of nitrogens with zero attached hydrogens (tertiary/aromatic N) is 2. The van der Waals surface area contributed by atoms with Crippen molar-refractivity contribution in [1.29, 1.82) is 0 Å². The zero-order valence-corrected chi connectivity index (χ0v) is 20.8. The Bertz CT molecular complexity index is 1110. The summed E-state index contributed by atoms with van der Waals surface area (Å²) in [6.07, 6.45) is 6.31. The molecule has 0 radical (unpaired) electrons. The summed E-state index contributed by atoms with van der Waals surface area (Å²) in [4.78, 5) is 19.6. The predicted octanol–water partition coefficient (Wildman–Crippen LogP) is 6.35. The van der Waals surface area contributed by atoms with Gasteiger partial charge in [0.2, 0.25) is 0 Å². The number of allylic oxidation sites excluding steroid dienone is 2. The number of nitrogens with one attached hydrogen (secondary N) is 2. The minimum Gasteiger partial charge on any atom is -0.370 e. The van der Waals surface area contributed by atoms with Crippen LogP contribution in [0.2, 0.25) is 5.02 Å². The van der Waals surface area contributed by atoms with Crippen molar-refractivity contribution >= 4 is 43.7 Å².